The lowest BCUT2D eigenvalue weighted by Crippen LogP contribution is -2.40. The maximum atomic E-state index is 11.5. The fourth-order valence-electron chi connectivity index (χ4n) is 1.61. The molecular weight excluding hydrogens is 174 g/mol. The Labute approximate surface area is 84.3 Å². The zero-order valence-electron chi connectivity index (χ0n) is 8.20. The highest BCUT2D eigenvalue weighted by Gasteiger charge is 2.18. The summed E-state index contributed by atoms with van der Waals surface area (Å²) in [4.78, 5) is 11.5. The number of carbonyl (C=O) groups excluding carboxylic acids is 1. The number of amides is 1. The van der Waals surface area contributed by atoms with Crippen LogP contribution in [0.3, 0.4) is 0 Å². The van der Waals surface area contributed by atoms with E-state index in [-0.39, 0.29) is 5.91 Å². The second kappa shape index (κ2) is 4.27. The van der Waals surface area contributed by atoms with E-state index in [1.807, 2.05) is 30.3 Å². The highest BCUT2D eigenvalue weighted by Crippen LogP contribution is 2.17. The third-order valence-corrected chi connectivity index (χ3v) is 2.68. The molecule has 1 aromatic rings. The molecule has 1 saturated carbocycles. The van der Waals surface area contributed by atoms with Crippen molar-refractivity contribution in [1.29, 1.82) is 0 Å². The highest BCUT2D eigenvalue weighted by molar-refractivity contribution is 5.78. The largest absolute Gasteiger partial charge is 0.353 e. The van der Waals surface area contributed by atoms with Crippen molar-refractivity contribution >= 4 is 5.91 Å². The summed E-state index contributed by atoms with van der Waals surface area (Å²) in [6.45, 7) is 0. The van der Waals surface area contributed by atoms with Crippen molar-refractivity contribution in [3.8, 4) is 0 Å². The third-order valence-electron chi connectivity index (χ3n) is 2.68. The number of carbonyl (C=O) groups is 1. The van der Waals surface area contributed by atoms with Crippen LogP contribution in [0.2, 0.25) is 0 Å². The van der Waals surface area contributed by atoms with Gasteiger partial charge in [-0.3, -0.25) is 4.79 Å². The van der Waals surface area contributed by atoms with Gasteiger partial charge < -0.3 is 5.32 Å². The predicted octanol–water partition coefficient (Wildman–Crippen LogP) is 1.90. The maximum absolute atomic E-state index is 11.5. The smallest absolute Gasteiger partial charge is 0.224 e. The van der Waals surface area contributed by atoms with Crippen LogP contribution < -0.4 is 5.32 Å². The van der Waals surface area contributed by atoms with Gasteiger partial charge in [0.2, 0.25) is 5.91 Å². The third kappa shape index (κ3) is 2.34. The van der Waals surface area contributed by atoms with E-state index in [4.69, 9.17) is 0 Å². The van der Waals surface area contributed by atoms with Gasteiger partial charge in [0, 0.05) is 6.04 Å². The number of hydrogen-bond donors (Lipinski definition) is 1. The molecule has 0 unspecified atom stereocenters. The van der Waals surface area contributed by atoms with Gasteiger partial charge in [-0.2, -0.15) is 0 Å². The summed E-state index contributed by atoms with van der Waals surface area (Å²) in [7, 11) is 0. The van der Waals surface area contributed by atoms with Gasteiger partial charge in [-0.05, 0) is 24.8 Å². The van der Waals surface area contributed by atoms with Crippen molar-refractivity contribution in [2.75, 3.05) is 0 Å². The van der Waals surface area contributed by atoms with Gasteiger partial charge in [-0.25, -0.2) is 0 Å². The molecular formula is C12H15NO. The topological polar surface area (TPSA) is 29.1 Å². The minimum atomic E-state index is 0.154. The fraction of sp³-hybridized carbons (Fsp3) is 0.417. The molecule has 1 aliphatic carbocycles. The monoisotopic (exact) mass is 189 g/mol. The summed E-state index contributed by atoms with van der Waals surface area (Å²) >= 11 is 0. The Morgan fingerprint density at radius 2 is 2.00 bits per heavy atom. The van der Waals surface area contributed by atoms with E-state index in [9.17, 15) is 4.79 Å². The first kappa shape index (κ1) is 9.25. The first-order valence-electron chi connectivity index (χ1n) is 5.18. The molecule has 1 fully saturated rings. The van der Waals surface area contributed by atoms with Crippen molar-refractivity contribution in [2.24, 2.45) is 0 Å². The van der Waals surface area contributed by atoms with E-state index in [2.05, 4.69) is 5.32 Å². The van der Waals surface area contributed by atoms with Crippen molar-refractivity contribution in [1.82, 2.24) is 5.32 Å². The normalized spacial score (nSPS) is 16.0. The molecule has 1 amide bonds. The van der Waals surface area contributed by atoms with Crippen molar-refractivity contribution in [3.05, 3.63) is 35.9 Å². The van der Waals surface area contributed by atoms with E-state index in [0.29, 0.717) is 12.5 Å². The number of benzene rings is 1. The molecule has 1 N–H and O–H groups in total. The lowest BCUT2D eigenvalue weighted by molar-refractivity contribution is -0.121. The quantitative estimate of drug-likeness (QED) is 0.773. The summed E-state index contributed by atoms with van der Waals surface area (Å²) in [6, 6.07) is 10.3. The summed E-state index contributed by atoms with van der Waals surface area (Å²) in [6.07, 6.45) is 4.08. The molecule has 2 nitrogen and oxygen atoms in total. The number of hydrogen-bond acceptors (Lipinski definition) is 1. The molecule has 0 spiro atoms. The van der Waals surface area contributed by atoms with Crippen molar-refractivity contribution in [2.45, 2.75) is 31.7 Å². The zero-order chi connectivity index (χ0) is 9.80. The molecule has 0 atom stereocenters. The van der Waals surface area contributed by atoms with Crippen molar-refractivity contribution < 1.29 is 4.79 Å². The molecule has 1 aromatic carbocycles. The minimum absolute atomic E-state index is 0.154. The molecule has 14 heavy (non-hydrogen) atoms. The number of nitrogens with one attached hydrogen (secondary N) is 1. The van der Waals surface area contributed by atoms with Gasteiger partial charge in [-0.1, -0.05) is 30.3 Å². The van der Waals surface area contributed by atoms with Gasteiger partial charge in [0.1, 0.15) is 0 Å². The molecule has 74 valence electrons. The SMILES string of the molecule is O=C(Cc1ccccc1)NC1CCC1. The molecule has 0 aromatic heterocycles. The van der Waals surface area contributed by atoms with Crippen LogP contribution >= 0.6 is 0 Å². The van der Waals surface area contributed by atoms with Crippen LogP contribution in [0.25, 0.3) is 0 Å². The molecule has 0 heterocycles. The van der Waals surface area contributed by atoms with E-state index in [0.717, 1.165) is 18.4 Å². The average Bonchev–Trinajstić information content (AvgIpc) is 2.13. The Morgan fingerprint density at radius 1 is 1.29 bits per heavy atom. The molecule has 2 heteroatoms. The summed E-state index contributed by atoms with van der Waals surface area (Å²) in [5.74, 6) is 0.154. The van der Waals surface area contributed by atoms with E-state index >= 15 is 0 Å². The molecule has 1 aliphatic rings. The van der Waals surface area contributed by atoms with Crippen LogP contribution in [0.5, 0.6) is 0 Å². The van der Waals surface area contributed by atoms with Crippen LogP contribution in [-0.2, 0) is 11.2 Å². The first-order valence-corrected chi connectivity index (χ1v) is 5.18. The number of rotatable bonds is 3. The van der Waals surface area contributed by atoms with E-state index < -0.39 is 0 Å². The van der Waals surface area contributed by atoms with Gasteiger partial charge in [-0.15, -0.1) is 0 Å². The van der Waals surface area contributed by atoms with Crippen LogP contribution in [-0.4, -0.2) is 11.9 Å². The van der Waals surface area contributed by atoms with E-state index in [1.54, 1.807) is 0 Å². The Bertz CT molecular complexity index is 303. The summed E-state index contributed by atoms with van der Waals surface area (Å²) in [5, 5.41) is 3.03. The Kier molecular flexibility index (Phi) is 2.82. The van der Waals surface area contributed by atoms with Crippen LogP contribution in [0.4, 0.5) is 0 Å². The van der Waals surface area contributed by atoms with Gasteiger partial charge in [0.05, 0.1) is 6.42 Å². The van der Waals surface area contributed by atoms with Crippen LogP contribution in [0, 0.1) is 0 Å². The van der Waals surface area contributed by atoms with Gasteiger partial charge in [0.25, 0.3) is 0 Å². The summed E-state index contributed by atoms with van der Waals surface area (Å²) in [5.41, 5.74) is 1.09. The highest BCUT2D eigenvalue weighted by atomic mass is 16.1. The molecule has 0 saturated heterocycles. The zero-order valence-corrected chi connectivity index (χ0v) is 8.20. The second-order valence-electron chi connectivity index (χ2n) is 3.86. The van der Waals surface area contributed by atoms with Gasteiger partial charge >= 0.3 is 0 Å². The predicted molar refractivity (Wildman–Crippen MR) is 55.9 cm³/mol. The molecule has 0 aliphatic heterocycles. The average molecular weight is 189 g/mol. The Balaban J connectivity index is 1.82. The van der Waals surface area contributed by atoms with Gasteiger partial charge in [0.15, 0.2) is 0 Å². The first-order chi connectivity index (χ1) is 6.84. The van der Waals surface area contributed by atoms with E-state index in [1.165, 1.54) is 6.42 Å². The molecule has 0 bridgehead atoms. The van der Waals surface area contributed by atoms with Crippen molar-refractivity contribution in [3.63, 3.8) is 0 Å². The Hall–Kier alpha value is -1.31. The maximum Gasteiger partial charge on any atom is 0.224 e. The Morgan fingerprint density at radius 3 is 2.57 bits per heavy atom. The fourth-order valence-corrected chi connectivity index (χ4v) is 1.61. The molecule has 0 radical (unpaired) electrons. The van der Waals surface area contributed by atoms with Crippen LogP contribution in [0.15, 0.2) is 30.3 Å². The standard InChI is InChI=1S/C12H15NO/c14-12(13-11-7-4-8-11)9-10-5-2-1-3-6-10/h1-3,5-6,11H,4,7-9H2,(H,13,14). The second-order valence-corrected chi connectivity index (χ2v) is 3.86. The lowest BCUT2D eigenvalue weighted by atomic mass is 9.93. The minimum Gasteiger partial charge on any atom is -0.353 e. The van der Waals surface area contributed by atoms with Crippen LogP contribution in [0.1, 0.15) is 24.8 Å². The lowest BCUT2D eigenvalue weighted by Gasteiger charge is -2.26. The summed E-state index contributed by atoms with van der Waals surface area (Å²) < 4.78 is 0. The molecule has 2 rings (SSSR count).